The molecule has 0 aliphatic rings. The molecule has 0 aromatic carbocycles. The average molecular weight is 221 g/mol. The number of rotatable bonds is 5. The lowest BCUT2D eigenvalue weighted by Gasteiger charge is -2.06. The predicted octanol–water partition coefficient (Wildman–Crippen LogP) is 1.71. The molecule has 0 bridgehead atoms. The quantitative estimate of drug-likeness (QED) is 0.805. The topological polar surface area (TPSA) is 77.1 Å². The molecule has 2 rings (SSSR count). The molecule has 1 unspecified atom stereocenters. The van der Waals surface area contributed by atoms with Crippen molar-refractivity contribution in [1.29, 1.82) is 0 Å². The van der Waals surface area contributed by atoms with Crippen molar-refractivity contribution in [3.8, 4) is 11.3 Å². The van der Waals surface area contributed by atoms with Crippen LogP contribution < -0.4 is 5.73 Å². The zero-order valence-corrected chi connectivity index (χ0v) is 9.14. The van der Waals surface area contributed by atoms with Gasteiger partial charge in [0.2, 0.25) is 0 Å². The maximum absolute atomic E-state index is 5.95. The summed E-state index contributed by atoms with van der Waals surface area (Å²) in [5.41, 5.74) is 7.83. The molecule has 0 spiro atoms. The Bertz CT molecular complexity index is 422. The first-order valence-electron chi connectivity index (χ1n) is 5.13. The van der Waals surface area contributed by atoms with Crippen molar-refractivity contribution >= 4 is 0 Å². The van der Waals surface area contributed by atoms with E-state index in [9.17, 15) is 0 Å². The van der Waals surface area contributed by atoms with Crippen molar-refractivity contribution in [2.75, 3.05) is 13.7 Å². The van der Waals surface area contributed by atoms with Gasteiger partial charge in [0.15, 0.2) is 0 Å². The molecular weight excluding hydrogens is 206 g/mol. The largest absolute Gasteiger partial charge is 0.472 e. The number of imidazole rings is 1. The number of nitrogens with one attached hydrogen (secondary N) is 1. The van der Waals surface area contributed by atoms with Gasteiger partial charge in [-0.05, 0) is 12.5 Å². The zero-order valence-electron chi connectivity index (χ0n) is 9.14. The normalized spacial score (nSPS) is 12.9. The predicted molar refractivity (Wildman–Crippen MR) is 59.7 cm³/mol. The van der Waals surface area contributed by atoms with Gasteiger partial charge in [-0.3, -0.25) is 0 Å². The Morgan fingerprint density at radius 2 is 2.50 bits per heavy atom. The summed E-state index contributed by atoms with van der Waals surface area (Å²) in [7, 11) is 1.66. The number of hydrogen-bond donors (Lipinski definition) is 2. The van der Waals surface area contributed by atoms with Crippen LogP contribution in [0.2, 0.25) is 0 Å². The summed E-state index contributed by atoms with van der Waals surface area (Å²) in [6.45, 7) is 0.628. The molecule has 2 aromatic heterocycles. The van der Waals surface area contributed by atoms with Crippen molar-refractivity contribution in [3.63, 3.8) is 0 Å². The molecule has 2 heterocycles. The van der Waals surface area contributed by atoms with Gasteiger partial charge in [-0.15, -0.1) is 0 Å². The molecule has 0 saturated carbocycles. The van der Waals surface area contributed by atoms with E-state index in [-0.39, 0.29) is 6.04 Å². The van der Waals surface area contributed by atoms with Crippen LogP contribution in [-0.4, -0.2) is 23.7 Å². The van der Waals surface area contributed by atoms with E-state index in [2.05, 4.69) is 9.97 Å². The van der Waals surface area contributed by atoms with Gasteiger partial charge in [0.25, 0.3) is 0 Å². The third kappa shape index (κ3) is 2.32. The van der Waals surface area contributed by atoms with E-state index in [4.69, 9.17) is 14.9 Å². The molecule has 0 aliphatic heterocycles. The van der Waals surface area contributed by atoms with Gasteiger partial charge in [0, 0.05) is 19.3 Å². The number of furan rings is 1. The number of aromatic amines is 1. The summed E-state index contributed by atoms with van der Waals surface area (Å²) in [5.74, 6) is 0.772. The Balaban J connectivity index is 2.07. The highest BCUT2D eigenvalue weighted by atomic mass is 16.5. The molecule has 0 radical (unpaired) electrons. The van der Waals surface area contributed by atoms with Crippen LogP contribution in [0.3, 0.4) is 0 Å². The van der Waals surface area contributed by atoms with Crippen molar-refractivity contribution < 1.29 is 9.15 Å². The fourth-order valence-corrected chi connectivity index (χ4v) is 1.47. The number of H-pyrrole nitrogens is 1. The van der Waals surface area contributed by atoms with E-state index in [1.165, 1.54) is 0 Å². The van der Waals surface area contributed by atoms with E-state index < -0.39 is 0 Å². The molecule has 0 amide bonds. The lowest BCUT2D eigenvalue weighted by Crippen LogP contribution is -2.14. The van der Waals surface area contributed by atoms with E-state index in [1.54, 1.807) is 25.8 Å². The SMILES string of the molecule is COCCC(N)c1ncc(-c2ccoc2)[nH]1. The second kappa shape index (κ2) is 4.96. The number of nitrogens with zero attached hydrogens (tertiary/aromatic N) is 1. The Labute approximate surface area is 93.6 Å². The molecule has 5 heteroatoms. The highest BCUT2D eigenvalue weighted by Crippen LogP contribution is 2.19. The number of ether oxygens (including phenoxy) is 1. The fraction of sp³-hybridized carbons (Fsp3) is 0.364. The third-order valence-corrected chi connectivity index (χ3v) is 2.41. The first-order valence-corrected chi connectivity index (χ1v) is 5.13. The third-order valence-electron chi connectivity index (χ3n) is 2.41. The lowest BCUT2D eigenvalue weighted by molar-refractivity contribution is 0.187. The lowest BCUT2D eigenvalue weighted by atomic mass is 10.2. The molecule has 1 atom stereocenters. The maximum Gasteiger partial charge on any atom is 0.123 e. The highest BCUT2D eigenvalue weighted by Gasteiger charge is 2.11. The molecule has 0 fully saturated rings. The summed E-state index contributed by atoms with van der Waals surface area (Å²) in [6, 6.07) is 1.75. The van der Waals surface area contributed by atoms with Crippen molar-refractivity contribution in [2.45, 2.75) is 12.5 Å². The minimum Gasteiger partial charge on any atom is -0.472 e. The zero-order chi connectivity index (χ0) is 11.4. The summed E-state index contributed by atoms with van der Waals surface area (Å²) in [5, 5.41) is 0. The van der Waals surface area contributed by atoms with Crippen LogP contribution in [0.15, 0.2) is 29.2 Å². The number of nitrogens with two attached hydrogens (primary N) is 1. The molecule has 16 heavy (non-hydrogen) atoms. The summed E-state index contributed by atoms with van der Waals surface area (Å²) < 4.78 is 9.98. The highest BCUT2D eigenvalue weighted by molar-refractivity contribution is 5.56. The van der Waals surface area contributed by atoms with Crippen LogP contribution in [-0.2, 0) is 4.74 Å². The van der Waals surface area contributed by atoms with Crippen molar-refractivity contribution in [3.05, 3.63) is 30.6 Å². The van der Waals surface area contributed by atoms with Gasteiger partial charge < -0.3 is 19.9 Å². The molecule has 3 N–H and O–H groups in total. The maximum atomic E-state index is 5.95. The van der Waals surface area contributed by atoms with Crippen LogP contribution in [0.1, 0.15) is 18.3 Å². The molecule has 0 saturated heterocycles. The number of hydrogen-bond acceptors (Lipinski definition) is 4. The molecule has 86 valence electrons. The molecule has 2 aromatic rings. The minimum absolute atomic E-state index is 0.124. The first kappa shape index (κ1) is 10.9. The van der Waals surface area contributed by atoms with Gasteiger partial charge in [-0.2, -0.15) is 0 Å². The summed E-state index contributed by atoms with van der Waals surface area (Å²) >= 11 is 0. The fourth-order valence-electron chi connectivity index (χ4n) is 1.47. The van der Waals surface area contributed by atoms with Gasteiger partial charge in [0.1, 0.15) is 5.82 Å². The van der Waals surface area contributed by atoms with E-state index in [0.29, 0.717) is 6.61 Å². The van der Waals surface area contributed by atoms with Crippen molar-refractivity contribution in [1.82, 2.24) is 9.97 Å². The van der Waals surface area contributed by atoms with Crippen LogP contribution in [0.5, 0.6) is 0 Å². The standard InChI is InChI=1S/C11H15N3O2/c1-15-4-3-9(12)11-13-6-10(14-11)8-2-5-16-7-8/h2,5-7,9H,3-4,12H2,1H3,(H,13,14). The monoisotopic (exact) mass is 221 g/mol. The molecule has 5 nitrogen and oxygen atoms in total. The Kier molecular flexibility index (Phi) is 3.38. The molecular formula is C11H15N3O2. The smallest absolute Gasteiger partial charge is 0.123 e. The number of aromatic nitrogens is 2. The van der Waals surface area contributed by atoms with Crippen LogP contribution in [0.25, 0.3) is 11.3 Å². The van der Waals surface area contributed by atoms with Gasteiger partial charge >= 0.3 is 0 Å². The van der Waals surface area contributed by atoms with Crippen molar-refractivity contribution in [2.24, 2.45) is 5.73 Å². The van der Waals surface area contributed by atoms with Crippen LogP contribution in [0, 0.1) is 0 Å². The van der Waals surface area contributed by atoms with E-state index in [0.717, 1.165) is 23.5 Å². The van der Waals surface area contributed by atoms with E-state index >= 15 is 0 Å². The van der Waals surface area contributed by atoms with Gasteiger partial charge in [0.05, 0.1) is 30.5 Å². The molecule has 0 aliphatic carbocycles. The van der Waals surface area contributed by atoms with Crippen LogP contribution in [0.4, 0.5) is 0 Å². The Morgan fingerprint density at radius 3 is 3.19 bits per heavy atom. The van der Waals surface area contributed by atoms with Gasteiger partial charge in [-0.25, -0.2) is 4.98 Å². The number of methoxy groups -OCH3 is 1. The summed E-state index contributed by atoms with van der Waals surface area (Å²) in [6.07, 6.45) is 5.79. The van der Waals surface area contributed by atoms with Crippen LogP contribution >= 0.6 is 0 Å². The van der Waals surface area contributed by atoms with E-state index in [1.807, 2.05) is 6.07 Å². The Morgan fingerprint density at radius 1 is 1.62 bits per heavy atom. The second-order valence-corrected chi connectivity index (χ2v) is 3.58. The summed E-state index contributed by atoms with van der Waals surface area (Å²) in [4.78, 5) is 7.42. The van der Waals surface area contributed by atoms with Gasteiger partial charge in [-0.1, -0.05) is 0 Å². The second-order valence-electron chi connectivity index (χ2n) is 3.58. The Hall–Kier alpha value is -1.59. The first-order chi connectivity index (χ1) is 7.81. The minimum atomic E-state index is -0.124. The average Bonchev–Trinajstić information content (AvgIpc) is 2.94.